The van der Waals surface area contributed by atoms with Crippen molar-refractivity contribution in [1.29, 1.82) is 0 Å². The van der Waals surface area contributed by atoms with Gasteiger partial charge in [-0.1, -0.05) is 29.8 Å². The Hall–Kier alpha value is -4.72. The Bertz CT molecular complexity index is 2540. The number of halogens is 1. The van der Waals surface area contributed by atoms with Crippen molar-refractivity contribution in [2.24, 2.45) is 0 Å². The maximum atomic E-state index is 14.9. The fraction of sp³-hybridized carbons (Fsp3) is 0.500. The molecule has 6 heterocycles. The standard InChI is InChI=1S/C38H48ClN9O16P2/c1-2-3-5-27(49)45-23(12-9-21-7-10-22(39)11-8-21)36(51)63-31-24(62-35(30(31)50)47-20-44-29-33(41)42-19-43-34(29)47)16-60-65(53,54)32-25(17-61-66(55,56)57)59-18-38(32,64-28-6-4-15-58-28)48-14-13-26(40)46-37(48)52/h2,7-8,10-11,13-14,19-20,23-25,28,30-32,35,50H,1,3-6,9,12,15-18H2,(H,45,49)(H,53,54)(H2,40,46,52)(H2,41,42,43)(H2,55,56,57)/t23-,24?,25+,28?,30+,31+,32+,35+,38+/m0/s1. The quantitative estimate of drug-likeness (QED) is 0.0369. The number of aromatic nitrogens is 6. The number of nitrogens with zero attached hydrogens (tertiary/aromatic N) is 6. The van der Waals surface area contributed by atoms with E-state index in [0.29, 0.717) is 17.9 Å². The Morgan fingerprint density at radius 1 is 1.08 bits per heavy atom. The number of carbonyl (C=O) groups excluding carboxylic acids is 2. The summed E-state index contributed by atoms with van der Waals surface area (Å²) in [6.07, 6.45) is -2.94. The predicted molar refractivity (Wildman–Crippen MR) is 229 cm³/mol. The van der Waals surface area contributed by atoms with E-state index in [0.717, 1.165) is 22.7 Å². The summed E-state index contributed by atoms with van der Waals surface area (Å²) in [5.74, 6) is -1.73. The third-order valence-corrected chi connectivity index (χ3v) is 13.7. The van der Waals surface area contributed by atoms with Crippen molar-refractivity contribution in [3.8, 4) is 0 Å². The maximum Gasteiger partial charge on any atom is 0.469 e. The van der Waals surface area contributed by atoms with Gasteiger partial charge >= 0.3 is 27.1 Å². The number of phosphoric acid groups is 1. The number of aliphatic hydroxyl groups excluding tert-OH is 1. The first kappa shape index (κ1) is 49.2. The molecule has 3 fully saturated rings. The number of amides is 1. The molecule has 3 saturated heterocycles. The molecule has 1 aromatic carbocycles. The molecule has 0 spiro atoms. The average molecular weight is 984 g/mol. The Morgan fingerprint density at radius 3 is 2.53 bits per heavy atom. The third-order valence-electron chi connectivity index (χ3n) is 11.0. The molecule has 9 N–H and O–H groups in total. The number of nitrogens with one attached hydrogen (secondary N) is 1. The molecule has 3 unspecified atom stereocenters. The highest BCUT2D eigenvalue weighted by Gasteiger charge is 2.64. The van der Waals surface area contributed by atoms with Gasteiger partial charge in [-0.25, -0.2) is 29.1 Å². The van der Waals surface area contributed by atoms with Gasteiger partial charge in [0.2, 0.25) is 5.91 Å². The number of rotatable bonds is 20. The van der Waals surface area contributed by atoms with Gasteiger partial charge < -0.3 is 64.8 Å². The molecule has 25 nitrogen and oxygen atoms in total. The summed E-state index contributed by atoms with van der Waals surface area (Å²) in [5, 5.41) is 15.1. The van der Waals surface area contributed by atoms with Crippen molar-refractivity contribution in [2.45, 2.75) is 92.9 Å². The summed E-state index contributed by atoms with van der Waals surface area (Å²) < 4.78 is 69.4. The van der Waals surface area contributed by atoms with Gasteiger partial charge in [0.25, 0.3) is 0 Å². The summed E-state index contributed by atoms with van der Waals surface area (Å²) in [7, 11) is -10.6. The molecule has 28 heteroatoms. The smallest absolute Gasteiger partial charge is 0.455 e. The minimum atomic E-state index is -5.40. The van der Waals surface area contributed by atoms with E-state index >= 15 is 0 Å². The predicted octanol–water partition coefficient (Wildman–Crippen LogP) is 1.04. The normalized spacial score (nSPS) is 26.8. The molecule has 358 valence electrons. The molecule has 7 rings (SSSR count). The summed E-state index contributed by atoms with van der Waals surface area (Å²) in [6, 6.07) is 6.73. The monoisotopic (exact) mass is 983 g/mol. The van der Waals surface area contributed by atoms with Gasteiger partial charge in [0.1, 0.15) is 47.7 Å². The maximum absolute atomic E-state index is 14.9. The number of hydrogen-bond acceptors (Lipinski definition) is 19. The number of esters is 1. The number of ether oxygens (including phenoxy) is 5. The van der Waals surface area contributed by atoms with Crippen LogP contribution in [0.25, 0.3) is 11.2 Å². The van der Waals surface area contributed by atoms with Gasteiger partial charge in [-0.2, -0.15) is 4.98 Å². The van der Waals surface area contributed by atoms with Crippen LogP contribution in [0.4, 0.5) is 11.6 Å². The average Bonchev–Trinajstić information content (AvgIpc) is 4.08. The molecular formula is C38H48ClN9O16P2. The lowest BCUT2D eigenvalue weighted by molar-refractivity contribution is -0.225. The number of aryl methyl sites for hydroxylation is 1. The molecule has 66 heavy (non-hydrogen) atoms. The fourth-order valence-electron chi connectivity index (χ4n) is 7.89. The first-order valence-corrected chi connectivity index (χ1v) is 24.0. The Kier molecular flexibility index (Phi) is 15.4. The zero-order valence-corrected chi connectivity index (χ0v) is 37.4. The van der Waals surface area contributed by atoms with Crippen molar-refractivity contribution >= 4 is 61.7 Å². The van der Waals surface area contributed by atoms with E-state index in [1.54, 1.807) is 24.3 Å². The van der Waals surface area contributed by atoms with Crippen LogP contribution in [0.15, 0.2) is 66.6 Å². The number of benzene rings is 1. The zero-order valence-electron chi connectivity index (χ0n) is 34.9. The van der Waals surface area contributed by atoms with Crippen LogP contribution >= 0.6 is 27.0 Å². The van der Waals surface area contributed by atoms with Gasteiger partial charge in [0, 0.05) is 30.7 Å². The van der Waals surface area contributed by atoms with Gasteiger partial charge in [-0.3, -0.25) is 23.0 Å². The van der Waals surface area contributed by atoms with E-state index in [1.165, 1.54) is 23.0 Å². The number of anilines is 2. The topological polar surface area (TPSA) is 356 Å². The molecule has 4 aromatic rings. The number of carbonyl (C=O) groups is 2. The molecule has 3 aliphatic rings. The van der Waals surface area contributed by atoms with Gasteiger partial charge in [0.15, 0.2) is 35.8 Å². The van der Waals surface area contributed by atoms with Crippen LogP contribution in [-0.2, 0) is 63.6 Å². The first-order valence-electron chi connectivity index (χ1n) is 20.4. The number of allylic oxidation sites excluding steroid dienone is 1. The number of imidazole rings is 1. The van der Waals surface area contributed by atoms with E-state index in [4.69, 9.17) is 55.8 Å². The van der Waals surface area contributed by atoms with E-state index in [1.807, 2.05) is 0 Å². The second-order valence-corrected chi connectivity index (χ2v) is 19.1. The Balaban J connectivity index is 1.22. The highest BCUT2D eigenvalue weighted by molar-refractivity contribution is 7.53. The number of nitrogens with two attached hydrogens (primary N) is 2. The first-order chi connectivity index (χ1) is 31.4. The van der Waals surface area contributed by atoms with Crippen LogP contribution in [0.2, 0.25) is 5.02 Å². The lowest BCUT2D eigenvalue weighted by Gasteiger charge is -2.39. The number of nitrogen functional groups attached to an aromatic ring is 2. The Labute approximate surface area is 380 Å². The van der Waals surface area contributed by atoms with Crippen molar-refractivity contribution in [3.63, 3.8) is 0 Å². The van der Waals surface area contributed by atoms with E-state index in [2.05, 4.69) is 31.8 Å². The van der Waals surface area contributed by atoms with E-state index < -0.39 is 107 Å². The molecule has 0 saturated carbocycles. The van der Waals surface area contributed by atoms with Crippen molar-refractivity contribution in [3.05, 3.63) is 82.9 Å². The second kappa shape index (κ2) is 20.7. The van der Waals surface area contributed by atoms with Crippen LogP contribution in [-0.4, -0.2) is 130 Å². The van der Waals surface area contributed by atoms with Crippen molar-refractivity contribution in [1.82, 2.24) is 34.4 Å². The highest BCUT2D eigenvalue weighted by Crippen LogP contribution is 2.60. The SMILES string of the molecule is C=CCCC(=O)N[C@@H](CCc1ccc(Cl)cc1)C(=O)O[C@@H]1C(COP(=O)(O)[C@@H]2[C@@H](COP(=O)(O)O)OC[C@]2(OC2CCCO2)n2ccc(N)nc2=O)O[C@@H](n2cnc3c(N)ncnc32)[C@@H]1O. The van der Waals surface area contributed by atoms with Crippen LogP contribution in [0.3, 0.4) is 0 Å². The summed E-state index contributed by atoms with van der Waals surface area (Å²) >= 11 is 6.06. The Morgan fingerprint density at radius 2 is 1.83 bits per heavy atom. The molecule has 3 aromatic heterocycles. The van der Waals surface area contributed by atoms with Crippen LogP contribution < -0.4 is 22.5 Å². The van der Waals surface area contributed by atoms with Gasteiger partial charge in [-0.15, -0.1) is 6.58 Å². The number of hydrogen-bond donors (Lipinski definition) is 7. The largest absolute Gasteiger partial charge is 0.469 e. The molecule has 0 bridgehead atoms. The number of fused-ring (bicyclic) bond motifs is 1. The summed E-state index contributed by atoms with van der Waals surface area (Å²) in [5.41, 5.74) is 7.37. The van der Waals surface area contributed by atoms with Crippen LogP contribution in [0.1, 0.15) is 43.9 Å². The number of aliphatic hydroxyl groups is 1. The molecule has 0 radical (unpaired) electrons. The zero-order chi connectivity index (χ0) is 47.4. The van der Waals surface area contributed by atoms with Gasteiger partial charge in [0.05, 0.1) is 26.1 Å². The highest BCUT2D eigenvalue weighted by atomic mass is 35.5. The van der Waals surface area contributed by atoms with E-state index in [9.17, 15) is 43.3 Å². The second-order valence-electron chi connectivity index (χ2n) is 15.5. The van der Waals surface area contributed by atoms with Crippen molar-refractivity contribution in [2.75, 3.05) is 37.9 Å². The third kappa shape index (κ3) is 11.2. The molecule has 0 aliphatic carbocycles. The lowest BCUT2D eigenvalue weighted by Crippen LogP contribution is -2.55. The summed E-state index contributed by atoms with van der Waals surface area (Å²) in [4.78, 5) is 88.1. The van der Waals surface area contributed by atoms with E-state index in [-0.39, 0.29) is 55.1 Å². The molecule has 3 aliphatic heterocycles. The molecule has 1 amide bonds. The number of phosphoric ester groups is 1. The summed E-state index contributed by atoms with van der Waals surface area (Å²) in [6.45, 7) is 1.21. The van der Waals surface area contributed by atoms with Crippen LogP contribution in [0.5, 0.6) is 0 Å². The minimum absolute atomic E-state index is 0.00584. The molecule has 10 atom stereocenters. The van der Waals surface area contributed by atoms with Crippen LogP contribution in [0, 0.1) is 0 Å². The molecular weight excluding hydrogens is 936 g/mol. The van der Waals surface area contributed by atoms with Gasteiger partial charge in [-0.05, 0) is 49.4 Å². The lowest BCUT2D eigenvalue weighted by atomic mass is 10.0. The van der Waals surface area contributed by atoms with Crippen molar-refractivity contribution < 1.29 is 71.2 Å². The fourth-order valence-corrected chi connectivity index (χ4v) is 10.2. The minimum Gasteiger partial charge on any atom is -0.455 e.